The fourth-order valence-electron chi connectivity index (χ4n) is 4.52. The predicted octanol–water partition coefficient (Wildman–Crippen LogP) is 2.34. The molecule has 0 aliphatic carbocycles. The van der Waals surface area contributed by atoms with Crippen molar-refractivity contribution in [2.24, 2.45) is 0 Å². The number of amides is 2. The van der Waals surface area contributed by atoms with E-state index in [0.29, 0.717) is 5.75 Å². The molecule has 0 spiro atoms. The summed E-state index contributed by atoms with van der Waals surface area (Å²) >= 11 is 8.55. The first-order chi connectivity index (χ1) is 15.3. The van der Waals surface area contributed by atoms with Gasteiger partial charge in [-0.2, -0.15) is 0 Å². The molecule has 3 saturated heterocycles. The van der Waals surface area contributed by atoms with E-state index in [1.807, 2.05) is 37.3 Å². The minimum Gasteiger partial charge on any atom is -0.480 e. The number of β-lactam (4-membered cyclic amide) rings is 1. The first-order valence-electron chi connectivity index (χ1n) is 10.8. The maximum atomic E-state index is 12.8. The van der Waals surface area contributed by atoms with E-state index in [-0.39, 0.29) is 23.6 Å². The highest BCUT2D eigenvalue weighted by atomic mass is 32.2. The van der Waals surface area contributed by atoms with Crippen LogP contribution in [0.4, 0.5) is 0 Å². The molecule has 0 aromatic heterocycles. The van der Waals surface area contributed by atoms with Crippen LogP contribution in [0.3, 0.4) is 0 Å². The van der Waals surface area contributed by atoms with Crippen LogP contribution in [0.5, 0.6) is 0 Å². The zero-order valence-corrected chi connectivity index (χ0v) is 20.3. The fraction of sp³-hybridized carbons (Fsp3) is 0.545. The molecule has 2 N–H and O–H groups in total. The van der Waals surface area contributed by atoms with Crippen molar-refractivity contribution in [3.63, 3.8) is 0 Å². The van der Waals surface area contributed by atoms with E-state index in [4.69, 9.17) is 12.2 Å². The number of carboxylic acid groups (broad SMARTS) is 1. The van der Waals surface area contributed by atoms with Gasteiger partial charge >= 0.3 is 5.97 Å². The molecule has 32 heavy (non-hydrogen) atoms. The second-order valence-corrected chi connectivity index (χ2v) is 11.9. The van der Waals surface area contributed by atoms with Gasteiger partial charge in [-0.15, -0.1) is 11.8 Å². The van der Waals surface area contributed by atoms with Crippen molar-refractivity contribution < 1.29 is 19.5 Å². The van der Waals surface area contributed by atoms with Crippen LogP contribution >= 0.6 is 35.7 Å². The minimum absolute atomic E-state index is 0.182. The molecule has 172 valence electrons. The van der Waals surface area contributed by atoms with Crippen LogP contribution < -0.4 is 5.32 Å². The van der Waals surface area contributed by atoms with Crippen molar-refractivity contribution in [1.82, 2.24) is 15.1 Å². The Hall–Kier alpha value is -1.78. The Labute approximate surface area is 201 Å². The molecular weight excluding hydrogens is 466 g/mol. The molecule has 4 atom stereocenters. The maximum absolute atomic E-state index is 12.8. The zero-order valence-electron chi connectivity index (χ0n) is 17.9. The average Bonchev–Trinajstić information content (AvgIpc) is 3.07. The lowest BCUT2D eigenvalue weighted by Gasteiger charge is -2.43. The molecule has 2 amide bonds. The topological polar surface area (TPSA) is 90.0 Å². The molecule has 3 fully saturated rings. The molecule has 3 aliphatic heterocycles. The first-order valence-corrected chi connectivity index (χ1v) is 13.1. The van der Waals surface area contributed by atoms with Crippen LogP contribution in [-0.4, -0.2) is 78.1 Å². The number of hydrogen-bond acceptors (Lipinski definition) is 6. The third-order valence-corrected chi connectivity index (χ3v) is 9.87. The van der Waals surface area contributed by atoms with Crippen LogP contribution in [0.25, 0.3) is 0 Å². The molecule has 3 aliphatic rings. The quantitative estimate of drug-likeness (QED) is 0.461. The molecule has 10 heteroatoms. The number of benzene rings is 1. The number of hydrogen-bond donors (Lipinski definition) is 2. The van der Waals surface area contributed by atoms with Gasteiger partial charge in [0.1, 0.15) is 21.8 Å². The number of likely N-dealkylation sites (tertiary alicyclic amines) is 1. The van der Waals surface area contributed by atoms with E-state index < -0.39 is 22.8 Å². The molecule has 0 saturated carbocycles. The second kappa shape index (κ2) is 9.61. The highest BCUT2D eigenvalue weighted by Gasteiger charge is 2.65. The summed E-state index contributed by atoms with van der Waals surface area (Å²) in [7, 11) is 0. The van der Waals surface area contributed by atoms with Crippen LogP contribution in [0.15, 0.2) is 30.3 Å². The Morgan fingerprint density at radius 1 is 1.25 bits per heavy atom. The number of nitrogens with one attached hydrogen (secondary N) is 1. The van der Waals surface area contributed by atoms with Crippen LogP contribution in [-0.2, 0) is 20.8 Å². The molecule has 1 aromatic rings. The summed E-state index contributed by atoms with van der Waals surface area (Å²) in [6.45, 7) is 3.78. The van der Waals surface area contributed by atoms with E-state index >= 15 is 0 Å². The summed E-state index contributed by atoms with van der Waals surface area (Å²) in [5, 5.41) is 12.4. The Balaban J connectivity index is 1.40. The van der Waals surface area contributed by atoms with Gasteiger partial charge in [0, 0.05) is 18.8 Å². The van der Waals surface area contributed by atoms with Gasteiger partial charge in [0.2, 0.25) is 11.8 Å². The number of piperidine rings is 1. The number of carbonyl (C=O) groups excluding carboxylic acids is 2. The van der Waals surface area contributed by atoms with Gasteiger partial charge in [0.25, 0.3) is 0 Å². The molecule has 0 radical (unpaired) electrons. The van der Waals surface area contributed by atoms with Gasteiger partial charge in [-0.05, 0) is 31.7 Å². The molecule has 0 bridgehead atoms. The predicted molar refractivity (Wildman–Crippen MR) is 131 cm³/mol. The highest BCUT2D eigenvalue weighted by molar-refractivity contribution is 8.23. The number of thioether (sulfide) groups is 2. The molecule has 1 aromatic carbocycles. The summed E-state index contributed by atoms with van der Waals surface area (Å²) < 4.78 is 0.0965. The lowest BCUT2D eigenvalue weighted by molar-refractivity contribution is -0.161. The monoisotopic (exact) mass is 493 g/mol. The fourth-order valence-corrected chi connectivity index (χ4v) is 7.82. The summed E-state index contributed by atoms with van der Waals surface area (Å²) in [5.74, 6) is -1.09. The second-order valence-electron chi connectivity index (χ2n) is 8.62. The third-order valence-electron chi connectivity index (χ3n) is 6.18. The third kappa shape index (κ3) is 4.63. The highest BCUT2D eigenvalue weighted by Crippen LogP contribution is 2.52. The summed E-state index contributed by atoms with van der Waals surface area (Å²) in [6, 6.07) is 7.69. The molecule has 7 nitrogen and oxygen atoms in total. The van der Waals surface area contributed by atoms with E-state index in [9.17, 15) is 19.5 Å². The lowest BCUT2D eigenvalue weighted by atomic mass is 9.95. The SMILES string of the molecule is CC1(CSC(=S)N2CCCCC2)S[C@@H]2C(NC(=O)Cc3ccccc3)C(=O)N2C1C(=O)O. The molecular formula is C22H27N3O4S3. The number of rotatable bonds is 6. The first kappa shape index (κ1) is 23.4. The molecule has 4 rings (SSSR count). The van der Waals surface area contributed by atoms with E-state index in [0.717, 1.165) is 35.8 Å². The lowest BCUT2D eigenvalue weighted by Crippen LogP contribution is -2.70. The Morgan fingerprint density at radius 2 is 1.94 bits per heavy atom. The number of carboxylic acids is 1. The maximum Gasteiger partial charge on any atom is 0.327 e. The Morgan fingerprint density at radius 3 is 2.59 bits per heavy atom. The van der Waals surface area contributed by atoms with E-state index in [1.54, 1.807) is 0 Å². The van der Waals surface area contributed by atoms with Gasteiger partial charge in [-0.3, -0.25) is 9.59 Å². The van der Waals surface area contributed by atoms with Gasteiger partial charge in [-0.1, -0.05) is 54.3 Å². The summed E-state index contributed by atoms with van der Waals surface area (Å²) in [4.78, 5) is 41.0. The van der Waals surface area contributed by atoms with Crippen LogP contribution in [0.1, 0.15) is 31.7 Å². The van der Waals surface area contributed by atoms with Crippen molar-refractivity contribution >= 4 is 57.8 Å². The Kier molecular flexibility index (Phi) is 7.02. The smallest absolute Gasteiger partial charge is 0.327 e. The summed E-state index contributed by atoms with van der Waals surface area (Å²) in [6.07, 6.45) is 3.65. The number of carbonyl (C=O) groups is 3. The number of fused-ring (bicyclic) bond motifs is 1. The largest absolute Gasteiger partial charge is 0.480 e. The standard InChI is InChI=1S/C22H27N3O4S3/c1-22(13-31-21(30)24-10-6-3-7-11-24)17(20(28)29)25-18(27)16(19(25)32-22)23-15(26)12-14-8-4-2-5-9-14/h2,4-5,8-9,16-17,19H,3,6-7,10-13H2,1H3,(H,23,26)(H,28,29)/t16?,17?,19-,22?/m1/s1. The molecule has 3 unspecified atom stereocenters. The van der Waals surface area contributed by atoms with Crippen molar-refractivity contribution in [2.75, 3.05) is 18.8 Å². The minimum atomic E-state index is -1.02. The van der Waals surface area contributed by atoms with Crippen molar-refractivity contribution in [3.8, 4) is 0 Å². The Bertz CT molecular complexity index is 909. The van der Waals surface area contributed by atoms with Gasteiger partial charge in [0.15, 0.2) is 0 Å². The molecule has 3 heterocycles. The van der Waals surface area contributed by atoms with E-state index in [1.165, 1.54) is 34.8 Å². The van der Waals surface area contributed by atoms with Gasteiger partial charge in [-0.25, -0.2) is 4.79 Å². The van der Waals surface area contributed by atoms with E-state index in [2.05, 4.69) is 10.2 Å². The number of thiocarbonyl (C=S) groups is 1. The van der Waals surface area contributed by atoms with Crippen molar-refractivity contribution in [2.45, 2.75) is 54.8 Å². The normalized spacial score (nSPS) is 29.3. The zero-order chi connectivity index (χ0) is 22.9. The van der Waals surface area contributed by atoms with Crippen LogP contribution in [0, 0.1) is 0 Å². The van der Waals surface area contributed by atoms with Gasteiger partial charge < -0.3 is 20.2 Å². The van der Waals surface area contributed by atoms with Crippen molar-refractivity contribution in [3.05, 3.63) is 35.9 Å². The summed E-state index contributed by atoms with van der Waals surface area (Å²) in [5.41, 5.74) is 0.864. The van der Waals surface area contributed by atoms with Gasteiger partial charge in [0.05, 0.1) is 11.2 Å². The average molecular weight is 494 g/mol. The van der Waals surface area contributed by atoms with Crippen LogP contribution in [0.2, 0.25) is 0 Å². The number of nitrogens with zero attached hydrogens (tertiary/aromatic N) is 2. The van der Waals surface area contributed by atoms with Crippen molar-refractivity contribution in [1.29, 1.82) is 0 Å². The number of aliphatic carboxylic acids is 1.